The third-order valence-corrected chi connectivity index (χ3v) is 4.62. The van der Waals surface area contributed by atoms with Crippen LogP contribution in [0.25, 0.3) is 0 Å². The van der Waals surface area contributed by atoms with Gasteiger partial charge in [0, 0.05) is 9.85 Å². The fraction of sp³-hybridized carbons (Fsp3) is 0.0833. The smallest absolute Gasteiger partial charge is 0.339 e. The minimum absolute atomic E-state index is 0.284. The molecule has 0 bridgehead atoms. The van der Waals surface area contributed by atoms with Gasteiger partial charge in [0.2, 0.25) is 0 Å². The molecule has 0 saturated heterocycles. The highest BCUT2D eigenvalue weighted by atomic mass is 79.9. The van der Waals surface area contributed by atoms with E-state index in [4.69, 9.17) is 0 Å². The van der Waals surface area contributed by atoms with Gasteiger partial charge in [0.1, 0.15) is 0 Å². The highest BCUT2D eigenvalue weighted by molar-refractivity contribution is 9.10. The minimum Gasteiger partial charge on any atom is -0.465 e. The van der Waals surface area contributed by atoms with E-state index < -0.39 is 17.0 Å². The first kappa shape index (κ1) is 14.2. The molecule has 0 aliphatic rings. The molecule has 1 unspecified atom stereocenters. The van der Waals surface area contributed by atoms with E-state index in [0.717, 1.165) is 10.2 Å². The lowest BCUT2D eigenvalue weighted by atomic mass is 10.2. The number of esters is 1. The molecule has 0 radical (unpaired) electrons. The number of nitrogens with one attached hydrogen (secondary N) is 1. The number of thiophene rings is 1. The zero-order valence-corrected chi connectivity index (χ0v) is 13.1. The zero-order chi connectivity index (χ0) is 13.8. The molecule has 0 fully saturated rings. The van der Waals surface area contributed by atoms with Crippen molar-refractivity contribution in [2.75, 3.05) is 11.8 Å². The Balaban J connectivity index is 2.34. The first-order valence-electron chi connectivity index (χ1n) is 5.20. The Labute approximate surface area is 125 Å². The maximum atomic E-state index is 12.3. The van der Waals surface area contributed by atoms with E-state index in [0.29, 0.717) is 4.90 Å². The van der Waals surface area contributed by atoms with Crippen LogP contribution in [0.3, 0.4) is 0 Å². The van der Waals surface area contributed by atoms with Gasteiger partial charge < -0.3 is 9.46 Å². The number of rotatable bonds is 4. The van der Waals surface area contributed by atoms with Gasteiger partial charge in [0.05, 0.1) is 23.3 Å². The molecule has 4 nitrogen and oxygen atoms in total. The summed E-state index contributed by atoms with van der Waals surface area (Å²) in [4.78, 5) is 12.0. The average Bonchev–Trinajstić information content (AvgIpc) is 2.90. The van der Waals surface area contributed by atoms with Crippen molar-refractivity contribution in [3.05, 3.63) is 45.1 Å². The molecule has 1 aromatic heterocycles. The first-order valence-corrected chi connectivity index (χ1v) is 8.09. The van der Waals surface area contributed by atoms with Crippen LogP contribution in [0, 0.1) is 0 Å². The van der Waals surface area contributed by atoms with E-state index in [1.165, 1.54) is 18.4 Å². The molecule has 0 aliphatic carbocycles. The lowest BCUT2D eigenvalue weighted by molar-refractivity contribution is 0.0596. The van der Waals surface area contributed by atoms with Gasteiger partial charge in [-0.15, -0.1) is 0 Å². The fourth-order valence-electron chi connectivity index (χ4n) is 1.41. The number of methoxy groups -OCH3 is 1. The Bertz CT molecular complexity index is 613. The van der Waals surface area contributed by atoms with Crippen LogP contribution in [0.5, 0.6) is 0 Å². The second-order valence-corrected chi connectivity index (χ2v) is 6.39. The van der Waals surface area contributed by atoms with Gasteiger partial charge in [-0.2, -0.15) is 11.3 Å². The summed E-state index contributed by atoms with van der Waals surface area (Å²) >= 11 is 4.80. The number of carbonyl (C=O) groups excluding carboxylic acids is 1. The SMILES string of the molecule is COC(=O)c1ccc(Br)cc1S(=O)Nc1ccsc1. The van der Waals surface area contributed by atoms with Crippen molar-refractivity contribution in [2.45, 2.75) is 4.90 Å². The van der Waals surface area contributed by atoms with Gasteiger partial charge in [-0.25, -0.2) is 9.00 Å². The summed E-state index contributed by atoms with van der Waals surface area (Å²) in [5.74, 6) is -0.511. The van der Waals surface area contributed by atoms with E-state index in [1.54, 1.807) is 18.2 Å². The van der Waals surface area contributed by atoms with Gasteiger partial charge >= 0.3 is 5.97 Å². The molecule has 0 saturated carbocycles. The third kappa shape index (κ3) is 3.43. The van der Waals surface area contributed by atoms with Crippen molar-refractivity contribution in [3.8, 4) is 0 Å². The van der Waals surface area contributed by atoms with Gasteiger partial charge in [-0.3, -0.25) is 0 Å². The van der Waals surface area contributed by atoms with Crippen molar-refractivity contribution in [1.29, 1.82) is 0 Å². The van der Waals surface area contributed by atoms with Crippen LogP contribution in [0.4, 0.5) is 5.69 Å². The molecule has 0 amide bonds. The lowest BCUT2D eigenvalue weighted by Crippen LogP contribution is -2.11. The Morgan fingerprint density at radius 1 is 1.42 bits per heavy atom. The largest absolute Gasteiger partial charge is 0.465 e. The summed E-state index contributed by atoms with van der Waals surface area (Å²) in [6.45, 7) is 0. The second kappa shape index (κ2) is 6.31. The highest BCUT2D eigenvalue weighted by Crippen LogP contribution is 2.23. The van der Waals surface area contributed by atoms with Crippen LogP contribution in [-0.2, 0) is 15.7 Å². The van der Waals surface area contributed by atoms with E-state index in [1.807, 2.05) is 16.8 Å². The predicted octanol–water partition coefficient (Wildman–Crippen LogP) is 3.43. The van der Waals surface area contributed by atoms with E-state index >= 15 is 0 Å². The van der Waals surface area contributed by atoms with Crippen LogP contribution in [0.2, 0.25) is 0 Å². The maximum absolute atomic E-state index is 12.3. The van der Waals surface area contributed by atoms with E-state index in [9.17, 15) is 9.00 Å². The monoisotopic (exact) mass is 359 g/mol. The maximum Gasteiger partial charge on any atom is 0.339 e. The molecule has 100 valence electrons. The molecule has 2 rings (SSSR count). The molecule has 2 aromatic rings. The molecule has 0 spiro atoms. The topological polar surface area (TPSA) is 55.4 Å². The summed E-state index contributed by atoms with van der Waals surface area (Å²) < 4.78 is 20.6. The highest BCUT2D eigenvalue weighted by Gasteiger charge is 2.17. The number of hydrogen-bond donors (Lipinski definition) is 1. The first-order chi connectivity index (χ1) is 9.11. The standard InChI is InChI=1S/C12H10BrNO3S2/c1-17-12(15)10-3-2-8(13)6-11(10)19(16)14-9-4-5-18-7-9/h2-7,14H,1H3. The Hall–Kier alpha value is -1.18. The normalized spacial score (nSPS) is 11.9. The van der Waals surface area contributed by atoms with Crippen molar-refractivity contribution in [1.82, 2.24) is 0 Å². The minimum atomic E-state index is -1.53. The van der Waals surface area contributed by atoms with Crippen LogP contribution in [0.1, 0.15) is 10.4 Å². The van der Waals surface area contributed by atoms with Gasteiger partial charge in [-0.1, -0.05) is 15.9 Å². The average molecular weight is 360 g/mol. The summed E-state index contributed by atoms with van der Waals surface area (Å²) in [7, 11) is -0.236. The van der Waals surface area contributed by atoms with Gasteiger partial charge in [0.25, 0.3) is 0 Å². The summed E-state index contributed by atoms with van der Waals surface area (Å²) in [5, 5.41) is 3.72. The zero-order valence-electron chi connectivity index (χ0n) is 9.88. The summed E-state index contributed by atoms with van der Waals surface area (Å²) in [6, 6.07) is 6.75. The van der Waals surface area contributed by atoms with Gasteiger partial charge in [0.15, 0.2) is 11.0 Å². The molecule has 1 atom stereocenters. The van der Waals surface area contributed by atoms with Crippen molar-refractivity contribution >= 4 is 49.9 Å². The second-order valence-electron chi connectivity index (χ2n) is 3.51. The molecule has 1 aromatic carbocycles. The molecule has 1 N–H and O–H groups in total. The van der Waals surface area contributed by atoms with Crippen molar-refractivity contribution in [3.63, 3.8) is 0 Å². The van der Waals surface area contributed by atoms with Crippen LogP contribution >= 0.6 is 27.3 Å². The number of hydrogen-bond acceptors (Lipinski definition) is 4. The number of carbonyl (C=O) groups is 1. The fourth-order valence-corrected chi connectivity index (χ4v) is 3.62. The van der Waals surface area contributed by atoms with E-state index in [-0.39, 0.29) is 5.56 Å². The summed E-state index contributed by atoms with van der Waals surface area (Å²) in [5.41, 5.74) is 1.03. The van der Waals surface area contributed by atoms with Crippen molar-refractivity contribution in [2.24, 2.45) is 0 Å². The molecule has 7 heteroatoms. The Morgan fingerprint density at radius 3 is 2.84 bits per heavy atom. The molecule has 1 heterocycles. The molecule has 0 aliphatic heterocycles. The molecular formula is C12H10BrNO3S2. The molecule has 19 heavy (non-hydrogen) atoms. The Morgan fingerprint density at radius 2 is 2.21 bits per heavy atom. The number of ether oxygens (including phenoxy) is 1. The van der Waals surface area contributed by atoms with Crippen molar-refractivity contribution < 1.29 is 13.7 Å². The quantitative estimate of drug-likeness (QED) is 0.850. The lowest BCUT2D eigenvalue weighted by Gasteiger charge is -2.09. The molecular weight excluding hydrogens is 350 g/mol. The number of halogens is 1. The predicted molar refractivity (Wildman–Crippen MR) is 79.8 cm³/mol. The number of anilines is 1. The van der Waals surface area contributed by atoms with Gasteiger partial charge in [-0.05, 0) is 29.6 Å². The van der Waals surface area contributed by atoms with Crippen LogP contribution in [0.15, 0.2) is 44.4 Å². The Kier molecular flexibility index (Phi) is 4.73. The third-order valence-electron chi connectivity index (χ3n) is 2.28. The van der Waals surface area contributed by atoms with Crippen LogP contribution in [-0.4, -0.2) is 17.3 Å². The number of benzene rings is 1. The summed E-state index contributed by atoms with van der Waals surface area (Å²) in [6.07, 6.45) is 0. The van der Waals surface area contributed by atoms with Crippen LogP contribution < -0.4 is 4.72 Å². The van der Waals surface area contributed by atoms with E-state index in [2.05, 4.69) is 25.4 Å².